The molecule has 8 nitrogen and oxygen atoms in total. The molecule has 0 spiro atoms. The fourth-order valence-corrected chi connectivity index (χ4v) is 3.99. The average molecular weight is 440 g/mol. The number of thiazole rings is 1. The molecule has 1 amide bonds. The SMILES string of the molecule is CC(C)NCS(=O)(=O)N(C)CC(=O)Nc1nc2ccc(OC(F)(F)F)cc2s1. The number of hydrogen-bond donors (Lipinski definition) is 2. The van der Waals surface area contributed by atoms with Crippen LogP contribution in [0.5, 0.6) is 5.75 Å². The Hall–Kier alpha value is -1.96. The Morgan fingerprint density at radius 2 is 2.04 bits per heavy atom. The minimum Gasteiger partial charge on any atom is -0.406 e. The zero-order valence-electron chi connectivity index (χ0n) is 15.2. The molecule has 0 unspecified atom stereocenters. The number of anilines is 1. The van der Waals surface area contributed by atoms with E-state index in [9.17, 15) is 26.4 Å². The van der Waals surface area contributed by atoms with E-state index < -0.39 is 34.6 Å². The molecular formula is C15H19F3N4O4S2. The van der Waals surface area contributed by atoms with Crippen molar-refractivity contribution >= 4 is 42.6 Å². The molecule has 0 fully saturated rings. The fraction of sp³-hybridized carbons (Fsp3) is 0.467. The van der Waals surface area contributed by atoms with Crippen LogP contribution in [0, 0.1) is 0 Å². The van der Waals surface area contributed by atoms with Crippen LogP contribution in [-0.4, -0.2) is 55.5 Å². The number of amides is 1. The summed E-state index contributed by atoms with van der Waals surface area (Å²) in [6.45, 7) is 3.15. The van der Waals surface area contributed by atoms with Crippen molar-refractivity contribution in [1.82, 2.24) is 14.6 Å². The Balaban J connectivity index is 2.02. The van der Waals surface area contributed by atoms with E-state index in [0.717, 1.165) is 27.8 Å². The minimum absolute atomic E-state index is 0.0361. The van der Waals surface area contributed by atoms with E-state index in [1.807, 2.05) is 0 Å². The molecule has 1 aromatic heterocycles. The lowest BCUT2D eigenvalue weighted by atomic mass is 10.3. The van der Waals surface area contributed by atoms with Gasteiger partial charge in [0.15, 0.2) is 5.13 Å². The summed E-state index contributed by atoms with van der Waals surface area (Å²) in [7, 11) is -2.40. The van der Waals surface area contributed by atoms with Crippen LogP contribution in [0.15, 0.2) is 18.2 Å². The second-order valence-electron chi connectivity index (χ2n) is 6.12. The van der Waals surface area contributed by atoms with Crippen molar-refractivity contribution in [2.75, 3.05) is 24.8 Å². The molecule has 28 heavy (non-hydrogen) atoms. The Morgan fingerprint density at radius 1 is 1.36 bits per heavy atom. The van der Waals surface area contributed by atoms with Gasteiger partial charge < -0.3 is 15.4 Å². The van der Waals surface area contributed by atoms with E-state index in [1.54, 1.807) is 13.8 Å². The van der Waals surface area contributed by atoms with Crippen molar-refractivity contribution in [2.24, 2.45) is 0 Å². The molecule has 0 saturated carbocycles. The largest absolute Gasteiger partial charge is 0.573 e. The molecule has 0 aliphatic carbocycles. The summed E-state index contributed by atoms with van der Waals surface area (Å²) in [4.78, 5) is 16.2. The van der Waals surface area contributed by atoms with Crippen molar-refractivity contribution < 1.29 is 31.1 Å². The minimum atomic E-state index is -4.81. The van der Waals surface area contributed by atoms with Crippen LogP contribution in [0.1, 0.15) is 13.8 Å². The molecule has 0 radical (unpaired) electrons. The van der Waals surface area contributed by atoms with E-state index in [2.05, 4.69) is 20.4 Å². The van der Waals surface area contributed by atoms with Gasteiger partial charge in [0.25, 0.3) is 0 Å². The molecule has 13 heteroatoms. The number of carbonyl (C=O) groups excluding carboxylic acids is 1. The highest BCUT2D eigenvalue weighted by molar-refractivity contribution is 7.89. The van der Waals surface area contributed by atoms with Gasteiger partial charge in [0.1, 0.15) is 11.6 Å². The fourth-order valence-electron chi connectivity index (χ4n) is 2.00. The monoisotopic (exact) mass is 440 g/mol. The predicted octanol–water partition coefficient (Wildman–Crippen LogP) is 2.35. The number of rotatable bonds is 8. The van der Waals surface area contributed by atoms with Gasteiger partial charge in [-0.2, -0.15) is 4.31 Å². The number of ether oxygens (including phenoxy) is 1. The highest BCUT2D eigenvalue weighted by Crippen LogP contribution is 2.31. The molecule has 0 aliphatic heterocycles. The van der Waals surface area contributed by atoms with Gasteiger partial charge in [0, 0.05) is 19.2 Å². The van der Waals surface area contributed by atoms with E-state index in [4.69, 9.17) is 0 Å². The van der Waals surface area contributed by atoms with Gasteiger partial charge in [-0.3, -0.25) is 4.79 Å². The van der Waals surface area contributed by atoms with Crippen LogP contribution >= 0.6 is 11.3 Å². The summed E-state index contributed by atoms with van der Waals surface area (Å²) in [5.41, 5.74) is 0.372. The number of alkyl halides is 3. The van der Waals surface area contributed by atoms with Gasteiger partial charge in [0.2, 0.25) is 15.9 Å². The smallest absolute Gasteiger partial charge is 0.406 e. The summed E-state index contributed by atoms with van der Waals surface area (Å²) in [5, 5.41) is 5.35. The lowest BCUT2D eigenvalue weighted by Gasteiger charge is -2.17. The van der Waals surface area contributed by atoms with Crippen molar-refractivity contribution in [3.8, 4) is 5.75 Å². The van der Waals surface area contributed by atoms with Gasteiger partial charge >= 0.3 is 6.36 Å². The third-order valence-corrected chi connectivity index (χ3v) is 5.90. The third-order valence-electron chi connectivity index (χ3n) is 3.35. The van der Waals surface area contributed by atoms with Crippen LogP contribution in [0.25, 0.3) is 10.2 Å². The molecule has 156 valence electrons. The highest BCUT2D eigenvalue weighted by Gasteiger charge is 2.31. The first kappa shape index (κ1) is 22.3. The summed E-state index contributed by atoms with van der Waals surface area (Å²) in [6, 6.07) is 3.57. The summed E-state index contributed by atoms with van der Waals surface area (Å²) < 4.78 is 66.1. The normalized spacial score (nSPS) is 12.7. The number of fused-ring (bicyclic) bond motifs is 1. The average Bonchev–Trinajstić information content (AvgIpc) is 2.92. The van der Waals surface area contributed by atoms with E-state index >= 15 is 0 Å². The van der Waals surface area contributed by atoms with Crippen molar-refractivity contribution in [3.05, 3.63) is 18.2 Å². The van der Waals surface area contributed by atoms with Crippen molar-refractivity contribution in [3.63, 3.8) is 0 Å². The van der Waals surface area contributed by atoms with Gasteiger partial charge in [-0.25, -0.2) is 13.4 Å². The first-order valence-corrected chi connectivity index (χ1v) is 10.4. The van der Waals surface area contributed by atoms with Crippen LogP contribution in [0.4, 0.5) is 18.3 Å². The Labute approximate surface area is 163 Å². The number of hydrogen-bond acceptors (Lipinski definition) is 7. The lowest BCUT2D eigenvalue weighted by Crippen LogP contribution is -2.41. The second kappa shape index (κ2) is 8.59. The number of benzene rings is 1. The lowest BCUT2D eigenvalue weighted by molar-refractivity contribution is -0.274. The molecule has 1 heterocycles. The molecular weight excluding hydrogens is 421 g/mol. The van der Waals surface area contributed by atoms with Gasteiger partial charge in [-0.05, 0) is 26.0 Å². The molecule has 2 N–H and O–H groups in total. The second-order valence-corrected chi connectivity index (χ2v) is 9.22. The molecule has 0 saturated heterocycles. The molecule has 2 aromatic rings. The Bertz CT molecular complexity index is 944. The number of likely N-dealkylation sites (N-methyl/N-ethyl adjacent to an activating group) is 1. The zero-order valence-corrected chi connectivity index (χ0v) is 16.8. The highest BCUT2D eigenvalue weighted by atomic mass is 32.2. The Kier molecular flexibility index (Phi) is 6.85. The van der Waals surface area contributed by atoms with E-state index in [0.29, 0.717) is 10.2 Å². The first-order valence-electron chi connectivity index (χ1n) is 7.99. The number of aromatic nitrogens is 1. The quantitative estimate of drug-likeness (QED) is 0.654. The summed E-state index contributed by atoms with van der Waals surface area (Å²) in [5.74, 6) is -1.33. The van der Waals surface area contributed by atoms with E-state index in [1.165, 1.54) is 13.1 Å². The molecule has 1 aromatic carbocycles. The molecule has 0 atom stereocenters. The van der Waals surface area contributed by atoms with Crippen LogP contribution in [0.3, 0.4) is 0 Å². The molecule has 2 rings (SSSR count). The predicted molar refractivity (Wildman–Crippen MR) is 99.6 cm³/mol. The third kappa shape index (κ3) is 6.58. The van der Waals surface area contributed by atoms with Gasteiger partial charge in [-0.15, -0.1) is 13.2 Å². The molecule has 0 bridgehead atoms. The van der Waals surface area contributed by atoms with Gasteiger partial charge in [0.05, 0.1) is 16.8 Å². The maximum absolute atomic E-state index is 12.3. The summed E-state index contributed by atoms with van der Waals surface area (Å²) in [6.07, 6.45) is -4.81. The number of nitrogens with zero attached hydrogens (tertiary/aromatic N) is 2. The number of nitrogens with one attached hydrogen (secondary N) is 2. The first-order chi connectivity index (χ1) is 12.9. The number of halogens is 3. The van der Waals surface area contributed by atoms with Crippen LogP contribution < -0.4 is 15.4 Å². The summed E-state index contributed by atoms with van der Waals surface area (Å²) >= 11 is 0.944. The number of sulfonamides is 1. The number of carbonyl (C=O) groups is 1. The maximum atomic E-state index is 12.3. The topological polar surface area (TPSA) is 101 Å². The standard InChI is InChI=1S/C15H19F3N4O4S2/c1-9(2)19-8-28(24,25)22(3)7-13(23)21-14-20-11-5-4-10(6-12(11)27-14)26-15(16,17)18/h4-6,9,19H,7-8H2,1-3H3,(H,20,21,23). The van der Waals surface area contributed by atoms with Crippen molar-refractivity contribution in [2.45, 2.75) is 26.3 Å². The maximum Gasteiger partial charge on any atom is 0.573 e. The van der Waals surface area contributed by atoms with E-state index in [-0.39, 0.29) is 17.1 Å². The van der Waals surface area contributed by atoms with Crippen LogP contribution in [-0.2, 0) is 14.8 Å². The Morgan fingerprint density at radius 3 is 2.64 bits per heavy atom. The van der Waals surface area contributed by atoms with Crippen LogP contribution in [0.2, 0.25) is 0 Å². The zero-order chi connectivity index (χ0) is 21.1. The van der Waals surface area contributed by atoms with Crippen molar-refractivity contribution in [1.29, 1.82) is 0 Å². The van der Waals surface area contributed by atoms with Gasteiger partial charge in [-0.1, -0.05) is 11.3 Å². The molecule has 0 aliphatic rings.